The van der Waals surface area contributed by atoms with E-state index in [1.54, 1.807) is 13.0 Å². The average molecular weight is 305 g/mol. The van der Waals surface area contributed by atoms with Gasteiger partial charge in [-0.3, -0.25) is 4.79 Å². The topological polar surface area (TPSA) is 52.9 Å². The van der Waals surface area contributed by atoms with Gasteiger partial charge in [0.05, 0.1) is 17.3 Å². The number of rotatable bonds is 3. The molecule has 0 spiro atoms. The van der Waals surface area contributed by atoms with Crippen LogP contribution in [-0.4, -0.2) is 5.91 Å². The lowest BCUT2D eigenvalue weighted by atomic mass is 9.88. The number of benzene rings is 1. The van der Waals surface area contributed by atoms with Gasteiger partial charge in [-0.15, -0.1) is 0 Å². The first-order valence-electron chi connectivity index (χ1n) is 5.73. The highest BCUT2D eigenvalue weighted by Gasteiger charge is 2.36. The van der Waals surface area contributed by atoms with Gasteiger partial charge in [0.2, 0.25) is 5.91 Å². The van der Waals surface area contributed by atoms with Gasteiger partial charge in [-0.2, -0.15) is 18.4 Å². The predicted octanol–water partition coefficient (Wildman–Crippen LogP) is 4.24. The Balaban J connectivity index is 3.18. The highest BCUT2D eigenvalue weighted by atomic mass is 35.5. The average Bonchev–Trinajstić information content (AvgIpc) is 2.38. The van der Waals surface area contributed by atoms with Crippen molar-refractivity contribution in [3.05, 3.63) is 28.8 Å². The molecule has 0 saturated carbocycles. The van der Waals surface area contributed by atoms with Crippen LogP contribution in [0.5, 0.6) is 0 Å². The molecular formula is C13H12ClF3N2O. The van der Waals surface area contributed by atoms with Gasteiger partial charge in [0.15, 0.2) is 0 Å². The number of hydrogen-bond donors (Lipinski definition) is 1. The molecule has 0 bridgehead atoms. The Labute approximate surface area is 119 Å². The Bertz CT molecular complexity index is 566. The summed E-state index contributed by atoms with van der Waals surface area (Å²) in [6, 6.07) is 4.83. The van der Waals surface area contributed by atoms with E-state index in [1.807, 2.05) is 0 Å². The predicted molar refractivity (Wildman–Crippen MR) is 69.1 cm³/mol. The molecule has 0 aromatic heterocycles. The van der Waals surface area contributed by atoms with Gasteiger partial charge in [-0.1, -0.05) is 18.5 Å². The third kappa shape index (κ3) is 3.42. The van der Waals surface area contributed by atoms with Crippen molar-refractivity contribution in [1.82, 2.24) is 0 Å². The molecule has 0 aliphatic carbocycles. The summed E-state index contributed by atoms with van der Waals surface area (Å²) in [5, 5.41) is 11.0. The van der Waals surface area contributed by atoms with Crippen LogP contribution in [-0.2, 0) is 11.0 Å². The first kappa shape index (κ1) is 16.3. The number of carbonyl (C=O) groups is 1. The number of nitrogens with one attached hydrogen (secondary N) is 1. The molecule has 0 radical (unpaired) electrons. The first-order chi connectivity index (χ1) is 9.14. The van der Waals surface area contributed by atoms with Gasteiger partial charge in [0, 0.05) is 5.02 Å². The maximum atomic E-state index is 12.9. The molecule has 0 aliphatic rings. The Morgan fingerprint density at radius 3 is 2.50 bits per heavy atom. The van der Waals surface area contributed by atoms with Gasteiger partial charge in [0.1, 0.15) is 5.41 Å². The minimum absolute atomic E-state index is 0.0890. The smallest absolute Gasteiger partial charge is 0.324 e. The zero-order valence-corrected chi connectivity index (χ0v) is 11.6. The molecular weight excluding hydrogens is 293 g/mol. The molecule has 1 rings (SSSR count). The number of anilines is 1. The lowest BCUT2D eigenvalue weighted by molar-refractivity contribution is -0.137. The summed E-state index contributed by atoms with van der Waals surface area (Å²) in [6.07, 6.45) is -4.47. The molecule has 108 valence electrons. The molecule has 7 heteroatoms. The number of halogens is 4. The summed E-state index contributed by atoms with van der Waals surface area (Å²) in [4.78, 5) is 11.9. The van der Waals surface area contributed by atoms with Crippen LogP contribution in [0.4, 0.5) is 18.9 Å². The van der Waals surface area contributed by atoms with Gasteiger partial charge in [0.25, 0.3) is 0 Å². The van der Waals surface area contributed by atoms with E-state index in [-0.39, 0.29) is 11.4 Å². The quantitative estimate of drug-likeness (QED) is 0.908. The molecule has 0 fully saturated rings. The maximum Gasteiger partial charge on any atom is 0.418 e. The second kappa shape index (κ2) is 5.71. The van der Waals surface area contributed by atoms with E-state index >= 15 is 0 Å². The van der Waals surface area contributed by atoms with Crippen LogP contribution in [0, 0.1) is 16.7 Å². The number of amides is 1. The van der Waals surface area contributed by atoms with Crippen LogP contribution in [0.15, 0.2) is 18.2 Å². The SMILES string of the molecule is CCC(C)(C#N)C(=O)Nc1ccc(Cl)cc1C(F)(F)F. The zero-order chi connectivity index (χ0) is 15.6. The molecule has 1 aromatic rings. The third-order valence-electron chi connectivity index (χ3n) is 2.99. The molecule has 20 heavy (non-hydrogen) atoms. The van der Waals surface area contributed by atoms with Crippen LogP contribution >= 0.6 is 11.6 Å². The number of carbonyl (C=O) groups excluding carboxylic acids is 1. The van der Waals surface area contributed by atoms with Crippen LogP contribution in [0.3, 0.4) is 0 Å². The van der Waals surface area contributed by atoms with Crippen LogP contribution in [0.2, 0.25) is 5.02 Å². The second-order valence-corrected chi connectivity index (χ2v) is 4.88. The standard InChI is InChI=1S/C13H12ClF3N2O/c1-3-12(2,7-18)11(20)19-10-5-4-8(14)6-9(10)13(15,16)17/h4-6H,3H2,1-2H3,(H,19,20). The second-order valence-electron chi connectivity index (χ2n) is 4.44. The monoisotopic (exact) mass is 304 g/mol. The van der Waals surface area contributed by atoms with Gasteiger partial charge in [-0.05, 0) is 31.5 Å². The molecule has 0 heterocycles. The Morgan fingerprint density at radius 2 is 2.05 bits per heavy atom. The van der Waals surface area contributed by atoms with E-state index in [2.05, 4.69) is 5.32 Å². The Morgan fingerprint density at radius 1 is 1.45 bits per heavy atom. The largest absolute Gasteiger partial charge is 0.418 e. The summed E-state index contributed by atoms with van der Waals surface area (Å²) in [7, 11) is 0. The summed E-state index contributed by atoms with van der Waals surface area (Å²) in [5.41, 5.74) is -2.85. The number of nitriles is 1. The zero-order valence-electron chi connectivity index (χ0n) is 10.8. The first-order valence-corrected chi connectivity index (χ1v) is 6.11. The fourth-order valence-corrected chi connectivity index (χ4v) is 1.58. The minimum Gasteiger partial charge on any atom is -0.324 e. The van der Waals surface area contributed by atoms with Crippen molar-refractivity contribution in [2.75, 3.05) is 5.32 Å². The molecule has 1 unspecified atom stereocenters. The lowest BCUT2D eigenvalue weighted by Gasteiger charge is -2.20. The Kier molecular flexibility index (Phi) is 4.66. The lowest BCUT2D eigenvalue weighted by Crippen LogP contribution is -2.32. The van der Waals surface area contributed by atoms with Crippen LogP contribution < -0.4 is 5.32 Å². The summed E-state index contributed by atoms with van der Waals surface area (Å²) < 4.78 is 38.6. The van der Waals surface area contributed by atoms with E-state index in [1.165, 1.54) is 13.0 Å². The van der Waals surface area contributed by atoms with Crippen molar-refractivity contribution in [3.8, 4) is 6.07 Å². The molecule has 1 atom stereocenters. The van der Waals surface area contributed by atoms with Crippen molar-refractivity contribution in [2.45, 2.75) is 26.4 Å². The summed E-state index contributed by atoms with van der Waals surface area (Å²) in [6.45, 7) is 2.97. The minimum atomic E-state index is -4.65. The van der Waals surface area contributed by atoms with Crippen molar-refractivity contribution in [3.63, 3.8) is 0 Å². The molecule has 1 N–H and O–H groups in total. The maximum absolute atomic E-state index is 12.9. The molecule has 0 aliphatic heterocycles. The van der Waals surface area contributed by atoms with E-state index in [9.17, 15) is 18.0 Å². The van der Waals surface area contributed by atoms with Crippen LogP contribution in [0.1, 0.15) is 25.8 Å². The third-order valence-corrected chi connectivity index (χ3v) is 3.23. The fraction of sp³-hybridized carbons (Fsp3) is 0.385. The van der Waals surface area contributed by atoms with E-state index in [0.717, 1.165) is 12.1 Å². The van der Waals surface area contributed by atoms with Gasteiger partial charge >= 0.3 is 6.18 Å². The van der Waals surface area contributed by atoms with Crippen LogP contribution in [0.25, 0.3) is 0 Å². The van der Waals surface area contributed by atoms with Crippen molar-refractivity contribution >= 4 is 23.2 Å². The van der Waals surface area contributed by atoms with E-state index in [0.29, 0.717) is 0 Å². The van der Waals surface area contributed by atoms with Crippen molar-refractivity contribution in [2.24, 2.45) is 5.41 Å². The fourth-order valence-electron chi connectivity index (χ4n) is 1.41. The molecule has 0 saturated heterocycles. The highest BCUT2D eigenvalue weighted by molar-refractivity contribution is 6.30. The Hall–Kier alpha value is -1.74. The van der Waals surface area contributed by atoms with Crippen molar-refractivity contribution in [1.29, 1.82) is 5.26 Å². The molecule has 1 amide bonds. The van der Waals surface area contributed by atoms with E-state index < -0.39 is 28.7 Å². The number of hydrogen-bond acceptors (Lipinski definition) is 2. The molecule has 1 aromatic carbocycles. The van der Waals surface area contributed by atoms with E-state index in [4.69, 9.17) is 16.9 Å². The van der Waals surface area contributed by atoms with Gasteiger partial charge < -0.3 is 5.32 Å². The highest BCUT2D eigenvalue weighted by Crippen LogP contribution is 2.37. The number of alkyl halides is 3. The summed E-state index contributed by atoms with van der Waals surface area (Å²) >= 11 is 5.54. The summed E-state index contributed by atoms with van der Waals surface area (Å²) in [5.74, 6) is -0.782. The normalized spacial score (nSPS) is 14.2. The number of nitrogens with zero attached hydrogens (tertiary/aromatic N) is 1. The molecule has 3 nitrogen and oxygen atoms in total. The van der Waals surface area contributed by atoms with Gasteiger partial charge in [-0.25, -0.2) is 0 Å². The van der Waals surface area contributed by atoms with Crippen molar-refractivity contribution < 1.29 is 18.0 Å².